The van der Waals surface area contributed by atoms with Gasteiger partial charge in [0.05, 0.1) is 24.5 Å². The first-order chi connectivity index (χ1) is 14.8. The van der Waals surface area contributed by atoms with Crippen molar-refractivity contribution in [2.45, 2.75) is 29.3 Å². The minimum atomic E-state index is -1.26. The molecule has 0 spiro atoms. The highest BCUT2D eigenvalue weighted by Crippen LogP contribution is 2.38. The Morgan fingerprint density at radius 1 is 1.10 bits per heavy atom. The van der Waals surface area contributed by atoms with Gasteiger partial charge in [0.1, 0.15) is 11.1 Å². The molecule has 1 aromatic heterocycles. The van der Waals surface area contributed by atoms with E-state index in [1.54, 1.807) is 12.1 Å². The summed E-state index contributed by atoms with van der Waals surface area (Å²) in [6.45, 7) is -0.273. The molecule has 0 amide bonds. The van der Waals surface area contributed by atoms with E-state index >= 15 is 0 Å². The molecule has 164 valence electrons. The van der Waals surface area contributed by atoms with Crippen LogP contribution in [0.25, 0.3) is 0 Å². The predicted octanol–water partition coefficient (Wildman–Crippen LogP) is 1.70. The maximum atomic E-state index is 9.55. The van der Waals surface area contributed by atoms with E-state index in [0.29, 0.717) is 34.9 Å². The van der Waals surface area contributed by atoms with E-state index in [2.05, 4.69) is 11.1 Å². The van der Waals surface area contributed by atoms with Gasteiger partial charge in [-0.1, -0.05) is 42.1 Å². The van der Waals surface area contributed by atoms with Crippen LogP contribution in [0.4, 0.5) is 0 Å². The molecule has 2 rings (SSSR count). The molecule has 0 saturated carbocycles. The van der Waals surface area contributed by atoms with E-state index in [9.17, 15) is 25.1 Å². The van der Waals surface area contributed by atoms with Crippen molar-refractivity contribution in [2.75, 3.05) is 6.61 Å². The number of aromatic nitrogens is 1. The molecular weight excluding hydrogens is 422 g/mol. The summed E-state index contributed by atoms with van der Waals surface area (Å²) in [5, 5.41) is 43.9. The number of nitriles is 1. The van der Waals surface area contributed by atoms with Crippen molar-refractivity contribution in [1.82, 2.24) is 4.98 Å². The predicted molar refractivity (Wildman–Crippen MR) is 114 cm³/mol. The fourth-order valence-corrected chi connectivity index (χ4v) is 3.61. The first-order valence-corrected chi connectivity index (χ1v) is 9.91. The molecule has 0 bridgehead atoms. The van der Waals surface area contributed by atoms with Gasteiger partial charge in [-0.25, -0.2) is 14.6 Å². The van der Waals surface area contributed by atoms with E-state index < -0.39 is 11.9 Å². The van der Waals surface area contributed by atoms with Crippen molar-refractivity contribution in [3.8, 4) is 6.07 Å². The standard InChI is InChI=1S/C17H19N3O2S.C4H4O4/c18-9-13-6-7-15(11-22)20-17(13)23-16(8-14(19)10-21)12-4-2-1-3-5-12;5-3(6)1-2-4(7)8/h1-7,14,16,21-22H,8,10-11,19H2;1-2H,(H,5,6)(H,7,8)/b;2-1+/t14-,16+;/m0./s1. The summed E-state index contributed by atoms with van der Waals surface area (Å²) in [5.41, 5.74) is 7.94. The number of thioether (sulfide) groups is 1. The largest absolute Gasteiger partial charge is 0.478 e. The monoisotopic (exact) mass is 445 g/mol. The van der Waals surface area contributed by atoms with Crippen LogP contribution in [-0.4, -0.2) is 50.0 Å². The van der Waals surface area contributed by atoms with Crippen molar-refractivity contribution < 1.29 is 30.0 Å². The first kappa shape index (κ1) is 25.8. The van der Waals surface area contributed by atoms with Crippen LogP contribution in [0.1, 0.15) is 28.5 Å². The number of carboxylic acid groups (broad SMARTS) is 2. The Labute approximate surface area is 183 Å². The van der Waals surface area contributed by atoms with Gasteiger partial charge in [-0.2, -0.15) is 5.26 Å². The molecule has 2 aromatic rings. The molecule has 0 aliphatic carbocycles. The van der Waals surface area contributed by atoms with Gasteiger partial charge in [0, 0.05) is 23.4 Å². The Morgan fingerprint density at radius 3 is 2.19 bits per heavy atom. The summed E-state index contributed by atoms with van der Waals surface area (Å²) < 4.78 is 0. The number of carboxylic acids is 2. The highest BCUT2D eigenvalue weighted by Gasteiger charge is 2.19. The number of hydrogen-bond donors (Lipinski definition) is 5. The molecule has 0 saturated heterocycles. The van der Waals surface area contributed by atoms with Gasteiger partial charge >= 0.3 is 11.9 Å². The van der Waals surface area contributed by atoms with E-state index in [-0.39, 0.29) is 24.5 Å². The number of nitrogens with two attached hydrogens (primary N) is 1. The normalized spacial score (nSPS) is 12.3. The minimum Gasteiger partial charge on any atom is -0.478 e. The number of hydrogen-bond acceptors (Lipinski definition) is 8. The second-order valence-corrected chi connectivity index (χ2v) is 7.32. The summed E-state index contributed by atoms with van der Waals surface area (Å²) in [7, 11) is 0. The number of pyridine rings is 1. The zero-order valence-corrected chi connectivity index (χ0v) is 17.3. The van der Waals surface area contributed by atoms with Crippen molar-refractivity contribution >= 4 is 23.7 Å². The average Bonchev–Trinajstić information content (AvgIpc) is 2.78. The molecule has 0 fully saturated rings. The highest BCUT2D eigenvalue weighted by atomic mass is 32.2. The van der Waals surface area contributed by atoms with E-state index in [1.807, 2.05) is 30.3 Å². The number of aliphatic hydroxyl groups excluding tert-OH is 2. The molecule has 31 heavy (non-hydrogen) atoms. The summed E-state index contributed by atoms with van der Waals surface area (Å²) in [4.78, 5) is 23.5. The van der Waals surface area contributed by atoms with Gasteiger partial charge in [0.15, 0.2) is 0 Å². The zero-order valence-electron chi connectivity index (χ0n) is 16.5. The molecule has 1 aromatic carbocycles. The topological polar surface area (TPSA) is 178 Å². The molecule has 1 heterocycles. The van der Waals surface area contributed by atoms with Crippen LogP contribution in [0.3, 0.4) is 0 Å². The average molecular weight is 445 g/mol. The van der Waals surface area contributed by atoms with Crippen LogP contribution >= 0.6 is 11.8 Å². The van der Waals surface area contributed by atoms with Gasteiger partial charge in [-0.15, -0.1) is 0 Å². The molecule has 2 atom stereocenters. The third-order valence-electron chi connectivity index (χ3n) is 3.75. The van der Waals surface area contributed by atoms with Crippen LogP contribution in [0.2, 0.25) is 0 Å². The molecule has 0 aliphatic rings. The van der Waals surface area contributed by atoms with Crippen molar-refractivity contribution in [3.63, 3.8) is 0 Å². The van der Waals surface area contributed by atoms with E-state index in [1.165, 1.54) is 11.8 Å². The summed E-state index contributed by atoms with van der Waals surface area (Å²) in [6.07, 6.45) is 1.67. The highest BCUT2D eigenvalue weighted by molar-refractivity contribution is 7.99. The Kier molecular flexibility index (Phi) is 11.6. The van der Waals surface area contributed by atoms with Gasteiger partial charge in [-0.05, 0) is 24.1 Å². The summed E-state index contributed by atoms with van der Waals surface area (Å²) in [6, 6.07) is 14.9. The van der Waals surface area contributed by atoms with Crippen LogP contribution in [0.5, 0.6) is 0 Å². The second-order valence-electron chi connectivity index (χ2n) is 6.13. The van der Waals surface area contributed by atoms with Crippen LogP contribution < -0.4 is 5.73 Å². The van der Waals surface area contributed by atoms with Crippen LogP contribution in [-0.2, 0) is 16.2 Å². The molecule has 0 aliphatic heterocycles. The van der Waals surface area contributed by atoms with Crippen molar-refractivity contribution in [2.24, 2.45) is 5.73 Å². The Bertz CT molecular complexity index is 914. The lowest BCUT2D eigenvalue weighted by atomic mass is 10.1. The smallest absolute Gasteiger partial charge is 0.328 e. The maximum absolute atomic E-state index is 9.55. The third-order valence-corrected chi connectivity index (χ3v) is 5.03. The Balaban J connectivity index is 0.000000512. The van der Waals surface area contributed by atoms with Gasteiger partial charge < -0.3 is 26.2 Å². The van der Waals surface area contributed by atoms with Gasteiger partial charge in [-0.3, -0.25) is 0 Å². The van der Waals surface area contributed by atoms with Gasteiger partial charge in [0.2, 0.25) is 0 Å². The molecule has 6 N–H and O–H groups in total. The first-order valence-electron chi connectivity index (χ1n) is 9.03. The fourth-order valence-electron chi connectivity index (χ4n) is 2.29. The number of benzene rings is 1. The van der Waals surface area contributed by atoms with Crippen molar-refractivity contribution in [1.29, 1.82) is 5.26 Å². The molecule has 0 radical (unpaired) electrons. The van der Waals surface area contributed by atoms with E-state index in [0.717, 1.165) is 5.56 Å². The number of rotatable bonds is 9. The second kappa shape index (κ2) is 13.9. The van der Waals surface area contributed by atoms with Crippen LogP contribution in [0, 0.1) is 11.3 Å². The molecule has 0 unspecified atom stereocenters. The molecular formula is C21H23N3O6S. The Morgan fingerprint density at radius 2 is 1.71 bits per heavy atom. The zero-order chi connectivity index (χ0) is 23.2. The number of aliphatic hydroxyl groups is 2. The minimum absolute atomic E-state index is 0.0353. The van der Waals surface area contributed by atoms with Gasteiger partial charge in [0.25, 0.3) is 0 Å². The number of carbonyl (C=O) groups is 2. The number of nitrogens with zero attached hydrogens (tertiary/aromatic N) is 2. The summed E-state index contributed by atoms with van der Waals surface area (Å²) >= 11 is 1.43. The SMILES string of the molecule is N#Cc1ccc(CO)nc1S[C@H](C[C@H](N)CO)c1ccccc1.O=C(O)/C=C/C(=O)O. The molecule has 10 heteroatoms. The van der Waals surface area contributed by atoms with Crippen molar-refractivity contribution in [3.05, 3.63) is 71.4 Å². The number of aliphatic carboxylic acids is 2. The quantitative estimate of drug-likeness (QED) is 0.282. The Hall–Kier alpha value is -3.23. The third kappa shape index (κ3) is 9.88. The fraction of sp³-hybridized carbons (Fsp3) is 0.238. The summed E-state index contributed by atoms with van der Waals surface area (Å²) in [5.74, 6) is -2.51. The van der Waals surface area contributed by atoms with Crippen LogP contribution in [0.15, 0.2) is 59.6 Å². The maximum Gasteiger partial charge on any atom is 0.328 e. The molecule has 9 nitrogen and oxygen atoms in total. The van der Waals surface area contributed by atoms with E-state index in [4.69, 9.17) is 15.9 Å². The lowest BCUT2D eigenvalue weighted by molar-refractivity contribution is -0.134. The lowest BCUT2D eigenvalue weighted by Crippen LogP contribution is -2.26. The lowest BCUT2D eigenvalue weighted by Gasteiger charge is -2.20.